The van der Waals surface area contributed by atoms with Gasteiger partial charge in [-0.1, -0.05) is 12.1 Å². The minimum absolute atomic E-state index is 0.0901. The molecular weight excluding hydrogens is 438 g/mol. The van der Waals surface area contributed by atoms with Gasteiger partial charge >= 0.3 is 6.09 Å². The molecule has 0 saturated carbocycles. The van der Waals surface area contributed by atoms with Gasteiger partial charge < -0.3 is 14.8 Å². The van der Waals surface area contributed by atoms with Crippen LogP contribution in [0, 0.1) is 0 Å². The van der Waals surface area contributed by atoms with Crippen molar-refractivity contribution in [2.45, 2.75) is 57.1 Å². The summed E-state index contributed by atoms with van der Waals surface area (Å²) in [7, 11) is 0.594. The van der Waals surface area contributed by atoms with Gasteiger partial charge in [0.1, 0.15) is 17.4 Å². The minimum atomic E-state index is -3.68. The highest BCUT2D eigenvalue weighted by molar-refractivity contribution is 7.90. The Morgan fingerprint density at radius 3 is 2.38 bits per heavy atom. The topological polar surface area (TPSA) is 114 Å². The molecule has 0 spiro atoms. The zero-order chi connectivity index (χ0) is 24.1. The molecule has 32 heavy (non-hydrogen) atoms. The number of carbonyl (C=O) groups excluding carboxylic acids is 2. The molecule has 0 aliphatic carbocycles. The van der Waals surface area contributed by atoms with Gasteiger partial charge in [-0.15, -0.1) is 0 Å². The van der Waals surface area contributed by atoms with E-state index < -0.39 is 38.9 Å². The van der Waals surface area contributed by atoms with E-state index in [9.17, 15) is 18.0 Å². The van der Waals surface area contributed by atoms with Crippen LogP contribution in [0.25, 0.3) is 0 Å². The van der Waals surface area contributed by atoms with Crippen molar-refractivity contribution in [2.24, 2.45) is 0 Å². The Morgan fingerprint density at radius 2 is 1.84 bits per heavy atom. The number of carbonyl (C=O) groups is 2. The number of hydroxylamine groups is 2. The molecular formula is C21H33N3O7S. The summed E-state index contributed by atoms with van der Waals surface area (Å²) in [6.07, 6.45) is -0.548. The third-order valence-corrected chi connectivity index (χ3v) is 7.37. The van der Waals surface area contributed by atoms with E-state index >= 15 is 0 Å². The SMILES string of the molecule is COc1ccc(CN2CCC(C[C@H](NC(=O)OC(C)(C)C)C(=O)N(C)OC)S2(=O)=O)cc1. The van der Waals surface area contributed by atoms with Crippen molar-refractivity contribution in [2.75, 3.05) is 27.8 Å². The van der Waals surface area contributed by atoms with Crippen LogP contribution < -0.4 is 10.1 Å². The van der Waals surface area contributed by atoms with Gasteiger partial charge in [0.15, 0.2) is 0 Å². The molecule has 1 unspecified atom stereocenters. The van der Waals surface area contributed by atoms with Crippen molar-refractivity contribution in [3.63, 3.8) is 0 Å². The second-order valence-electron chi connectivity index (χ2n) is 8.59. The first-order chi connectivity index (χ1) is 14.9. The number of nitrogens with zero attached hydrogens (tertiary/aromatic N) is 2. The average Bonchev–Trinajstić information content (AvgIpc) is 2.99. The molecule has 1 fully saturated rings. The number of amides is 2. The summed E-state index contributed by atoms with van der Waals surface area (Å²) in [5.41, 5.74) is 0.0630. The highest BCUT2D eigenvalue weighted by Gasteiger charge is 2.42. The van der Waals surface area contributed by atoms with Crippen molar-refractivity contribution in [1.29, 1.82) is 0 Å². The summed E-state index contributed by atoms with van der Waals surface area (Å²) in [6, 6.07) is 6.05. The zero-order valence-corrected chi connectivity index (χ0v) is 20.3. The lowest BCUT2D eigenvalue weighted by Crippen LogP contribution is -2.50. The standard InChI is InChI=1S/C21H33N3O7S/c1-21(2,3)31-20(26)22-18(19(25)23(4)30-6)13-17-11-12-24(32(17,27)28)14-15-7-9-16(29-5)10-8-15/h7-10,17-18H,11-14H2,1-6H3,(H,22,26)/t17?,18-/m0/s1. The van der Waals surface area contributed by atoms with E-state index in [4.69, 9.17) is 14.3 Å². The molecule has 1 heterocycles. The van der Waals surface area contributed by atoms with Crippen LogP contribution in [-0.2, 0) is 30.9 Å². The normalized spacial score (nSPS) is 19.2. The van der Waals surface area contributed by atoms with Crippen molar-refractivity contribution >= 4 is 22.0 Å². The van der Waals surface area contributed by atoms with E-state index in [-0.39, 0.29) is 13.0 Å². The first-order valence-electron chi connectivity index (χ1n) is 10.3. The molecule has 0 radical (unpaired) electrons. The molecule has 2 atom stereocenters. The van der Waals surface area contributed by atoms with Crippen LogP contribution in [0.4, 0.5) is 4.79 Å². The molecule has 11 heteroatoms. The maximum absolute atomic E-state index is 13.1. The van der Waals surface area contributed by atoms with E-state index in [0.717, 1.165) is 10.6 Å². The Labute approximate surface area is 189 Å². The number of hydrogen-bond donors (Lipinski definition) is 1. The Kier molecular flexibility index (Phi) is 8.49. The molecule has 0 bridgehead atoms. The van der Waals surface area contributed by atoms with E-state index in [1.54, 1.807) is 40.0 Å². The largest absolute Gasteiger partial charge is 0.497 e. The second-order valence-corrected chi connectivity index (χ2v) is 10.8. The molecule has 10 nitrogen and oxygen atoms in total. The summed E-state index contributed by atoms with van der Waals surface area (Å²) >= 11 is 0. The third kappa shape index (κ3) is 6.81. The van der Waals surface area contributed by atoms with Crippen molar-refractivity contribution in [1.82, 2.24) is 14.7 Å². The van der Waals surface area contributed by atoms with Crippen LogP contribution in [0.15, 0.2) is 24.3 Å². The molecule has 1 saturated heterocycles. The first-order valence-corrected chi connectivity index (χ1v) is 11.8. The quantitative estimate of drug-likeness (QED) is 0.576. The average molecular weight is 472 g/mol. The van der Waals surface area contributed by atoms with Crippen LogP contribution in [0.2, 0.25) is 0 Å². The molecule has 1 aliphatic rings. The molecule has 1 aliphatic heterocycles. The summed E-state index contributed by atoms with van der Waals surface area (Å²) in [5, 5.41) is 2.63. The van der Waals surface area contributed by atoms with Crippen molar-refractivity contribution in [3.8, 4) is 5.75 Å². The minimum Gasteiger partial charge on any atom is -0.497 e. The lowest BCUT2D eigenvalue weighted by atomic mass is 10.1. The molecule has 180 valence electrons. The number of benzene rings is 1. The lowest BCUT2D eigenvalue weighted by molar-refractivity contribution is -0.171. The number of rotatable bonds is 8. The number of hydrogen-bond acceptors (Lipinski definition) is 7. The van der Waals surface area contributed by atoms with Gasteiger partial charge in [0, 0.05) is 20.1 Å². The van der Waals surface area contributed by atoms with Gasteiger partial charge in [0.25, 0.3) is 5.91 Å². The maximum Gasteiger partial charge on any atom is 0.408 e. The van der Waals surface area contributed by atoms with E-state index in [1.807, 2.05) is 12.1 Å². The van der Waals surface area contributed by atoms with Gasteiger partial charge in [-0.3, -0.25) is 9.63 Å². The van der Waals surface area contributed by atoms with Gasteiger partial charge in [-0.2, -0.15) is 4.31 Å². The predicted molar refractivity (Wildman–Crippen MR) is 118 cm³/mol. The number of nitrogens with one attached hydrogen (secondary N) is 1. The fraction of sp³-hybridized carbons (Fsp3) is 0.619. The summed E-state index contributed by atoms with van der Waals surface area (Å²) < 4.78 is 38.0. The smallest absolute Gasteiger partial charge is 0.408 e. The fourth-order valence-corrected chi connectivity index (χ4v) is 5.31. The van der Waals surface area contributed by atoms with E-state index in [1.165, 1.54) is 18.5 Å². The summed E-state index contributed by atoms with van der Waals surface area (Å²) in [6.45, 7) is 5.64. The Hall–Kier alpha value is -2.37. The molecule has 1 aromatic carbocycles. The van der Waals surface area contributed by atoms with Gasteiger partial charge in [0.05, 0.1) is 19.5 Å². The van der Waals surface area contributed by atoms with Crippen molar-refractivity contribution < 1.29 is 32.3 Å². The third-order valence-electron chi connectivity index (χ3n) is 5.07. The van der Waals surface area contributed by atoms with E-state index in [2.05, 4.69) is 5.32 Å². The van der Waals surface area contributed by atoms with Crippen LogP contribution in [-0.4, -0.2) is 74.5 Å². The maximum atomic E-state index is 13.1. The highest BCUT2D eigenvalue weighted by atomic mass is 32.2. The van der Waals surface area contributed by atoms with E-state index in [0.29, 0.717) is 18.7 Å². The van der Waals surface area contributed by atoms with Gasteiger partial charge in [0.2, 0.25) is 10.0 Å². The van der Waals surface area contributed by atoms with Crippen LogP contribution in [0.3, 0.4) is 0 Å². The lowest BCUT2D eigenvalue weighted by Gasteiger charge is -2.27. The summed E-state index contributed by atoms with van der Waals surface area (Å²) in [5.74, 6) is 0.120. The fourth-order valence-electron chi connectivity index (χ4n) is 3.36. The molecule has 2 amide bonds. The number of sulfonamides is 1. The molecule has 1 aromatic rings. The van der Waals surface area contributed by atoms with Gasteiger partial charge in [-0.25, -0.2) is 18.3 Å². The van der Waals surface area contributed by atoms with Crippen molar-refractivity contribution in [3.05, 3.63) is 29.8 Å². The molecule has 2 rings (SSSR count). The second kappa shape index (κ2) is 10.5. The summed E-state index contributed by atoms with van der Waals surface area (Å²) in [4.78, 5) is 29.9. The molecule has 1 N–H and O–H groups in total. The number of alkyl carbamates (subject to hydrolysis) is 1. The highest BCUT2D eigenvalue weighted by Crippen LogP contribution is 2.28. The monoisotopic (exact) mass is 471 g/mol. The van der Waals surface area contributed by atoms with Crippen LogP contribution in [0.5, 0.6) is 5.75 Å². The zero-order valence-electron chi connectivity index (χ0n) is 19.5. The molecule has 0 aromatic heterocycles. The number of ether oxygens (including phenoxy) is 2. The van der Waals surface area contributed by atoms with Crippen LogP contribution in [0.1, 0.15) is 39.2 Å². The van der Waals surface area contributed by atoms with Crippen LogP contribution >= 0.6 is 0 Å². The Morgan fingerprint density at radius 1 is 1.22 bits per heavy atom. The number of methoxy groups -OCH3 is 1. The van der Waals surface area contributed by atoms with Gasteiger partial charge in [-0.05, 0) is 51.3 Å². The Bertz CT molecular complexity index is 897. The Balaban J connectivity index is 2.13. The first kappa shape index (κ1) is 25.9. The number of likely N-dealkylation sites (N-methyl/N-ethyl adjacent to an activating group) is 1. The predicted octanol–water partition coefficient (Wildman–Crippen LogP) is 1.90.